The third-order valence-corrected chi connectivity index (χ3v) is 1.31. The molecule has 0 saturated heterocycles. The molecule has 0 spiro atoms. The van der Waals surface area contributed by atoms with Crippen molar-refractivity contribution in [1.29, 1.82) is 0 Å². The molecule has 0 saturated carbocycles. The van der Waals surface area contributed by atoms with E-state index >= 15 is 0 Å². The summed E-state index contributed by atoms with van der Waals surface area (Å²) >= 11 is 0. The molecule has 137 valence electrons. The van der Waals surface area contributed by atoms with Crippen molar-refractivity contribution in [3.63, 3.8) is 0 Å². The fraction of sp³-hybridized carbons (Fsp3) is 0.429. The Morgan fingerprint density at radius 2 is 0.870 bits per heavy atom. The van der Waals surface area contributed by atoms with Crippen molar-refractivity contribution < 1.29 is 56.7 Å². The van der Waals surface area contributed by atoms with Gasteiger partial charge in [0.25, 0.3) is 0 Å². The first kappa shape index (κ1) is 32.7. The van der Waals surface area contributed by atoms with Gasteiger partial charge < -0.3 is 30.0 Å². The van der Waals surface area contributed by atoms with Gasteiger partial charge in [-0.1, -0.05) is 27.0 Å². The molecular weight excluding hydrogens is 360 g/mol. The molecule has 1 radical (unpaired) electrons. The molecular formula is C14H22CuO8. The molecule has 2 N–H and O–H groups in total. The van der Waals surface area contributed by atoms with Crippen LogP contribution >= 0.6 is 0 Å². The van der Waals surface area contributed by atoms with E-state index < -0.39 is 23.9 Å². The SMILES string of the molecule is C=C(C)C(=O)O.C=C(C)C(=O)O.CCC(=O)[O-].CCC(=O)[O-].[Cu+2]. The van der Waals surface area contributed by atoms with E-state index in [0.29, 0.717) is 0 Å². The molecule has 23 heavy (non-hydrogen) atoms. The van der Waals surface area contributed by atoms with E-state index in [4.69, 9.17) is 10.2 Å². The Morgan fingerprint density at radius 3 is 0.870 bits per heavy atom. The Labute approximate surface area is 146 Å². The van der Waals surface area contributed by atoms with Crippen LogP contribution in [0.3, 0.4) is 0 Å². The summed E-state index contributed by atoms with van der Waals surface area (Å²) in [4.78, 5) is 37.7. The van der Waals surface area contributed by atoms with Crippen LogP contribution in [0.15, 0.2) is 24.3 Å². The summed E-state index contributed by atoms with van der Waals surface area (Å²) in [5, 5.41) is 34.3. The molecule has 0 bridgehead atoms. The number of hydrogen-bond acceptors (Lipinski definition) is 6. The zero-order valence-corrected chi connectivity index (χ0v) is 14.4. The van der Waals surface area contributed by atoms with E-state index in [0.717, 1.165) is 0 Å². The van der Waals surface area contributed by atoms with Crippen LogP contribution in [0.1, 0.15) is 40.5 Å². The summed E-state index contributed by atoms with van der Waals surface area (Å²) in [6.45, 7) is 12.3. The molecule has 0 unspecified atom stereocenters. The van der Waals surface area contributed by atoms with Gasteiger partial charge in [0.15, 0.2) is 0 Å². The van der Waals surface area contributed by atoms with E-state index in [1.165, 1.54) is 27.7 Å². The van der Waals surface area contributed by atoms with Gasteiger partial charge in [0.2, 0.25) is 0 Å². The van der Waals surface area contributed by atoms with Gasteiger partial charge in [-0.3, -0.25) is 0 Å². The third kappa shape index (κ3) is 65.1. The molecule has 8 nitrogen and oxygen atoms in total. The van der Waals surface area contributed by atoms with E-state index in [1.54, 1.807) is 0 Å². The van der Waals surface area contributed by atoms with Crippen LogP contribution in [0.5, 0.6) is 0 Å². The first-order chi connectivity index (χ1) is 9.83. The Balaban J connectivity index is -0.0000000620. The minimum absolute atomic E-state index is 0. The second kappa shape index (κ2) is 22.2. The average Bonchev–Trinajstić information content (AvgIpc) is 2.40. The number of carbonyl (C=O) groups is 4. The molecule has 0 aromatic heterocycles. The minimum Gasteiger partial charge on any atom is -0.550 e. The van der Waals surface area contributed by atoms with Gasteiger partial charge >= 0.3 is 29.0 Å². The number of hydrogen-bond donors (Lipinski definition) is 2. The maximum Gasteiger partial charge on any atom is 2.00 e. The quantitative estimate of drug-likeness (QED) is 0.491. The zero-order valence-electron chi connectivity index (χ0n) is 13.5. The summed E-state index contributed by atoms with van der Waals surface area (Å²) in [6, 6.07) is 0. The molecule has 9 heteroatoms. The summed E-state index contributed by atoms with van der Waals surface area (Å²) in [6.07, 6.45) is 0.222. The summed E-state index contributed by atoms with van der Waals surface area (Å²) in [7, 11) is 0. The van der Waals surface area contributed by atoms with Crippen LogP contribution in [0.4, 0.5) is 0 Å². The fourth-order valence-corrected chi connectivity index (χ4v) is 0. The minimum atomic E-state index is -0.995. The van der Waals surface area contributed by atoms with E-state index in [9.17, 15) is 29.4 Å². The largest absolute Gasteiger partial charge is 2.00 e. The van der Waals surface area contributed by atoms with Crippen molar-refractivity contribution in [2.24, 2.45) is 0 Å². The molecule has 0 fully saturated rings. The fourth-order valence-electron chi connectivity index (χ4n) is 0. The van der Waals surface area contributed by atoms with Crippen LogP contribution < -0.4 is 10.2 Å². The smallest absolute Gasteiger partial charge is 0.550 e. The van der Waals surface area contributed by atoms with Crippen molar-refractivity contribution >= 4 is 23.9 Å². The predicted octanol–water partition coefficient (Wildman–Crippen LogP) is -0.416. The van der Waals surface area contributed by atoms with Gasteiger partial charge in [0, 0.05) is 23.1 Å². The van der Waals surface area contributed by atoms with Crippen molar-refractivity contribution in [3.05, 3.63) is 24.3 Å². The zero-order chi connectivity index (χ0) is 18.9. The van der Waals surface area contributed by atoms with Crippen molar-refractivity contribution in [2.45, 2.75) is 40.5 Å². The first-order valence-electron chi connectivity index (χ1n) is 6.00. The van der Waals surface area contributed by atoms with Crippen LogP contribution in [-0.2, 0) is 36.2 Å². The topological polar surface area (TPSA) is 155 Å². The van der Waals surface area contributed by atoms with Gasteiger partial charge in [-0.05, 0) is 26.7 Å². The number of rotatable bonds is 4. The number of carbonyl (C=O) groups excluding carboxylic acids is 2. The molecule has 0 aromatic rings. The van der Waals surface area contributed by atoms with E-state index in [2.05, 4.69) is 13.2 Å². The molecule has 0 amide bonds. The summed E-state index contributed by atoms with van der Waals surface area (Å²) in [5.74, 6) is -3.86. The Hall–Kier alpha value is -2.12. The molecule has 0 aliphatic carbocycles. The predicted molar refractivity (Wildman–Crippen MR) is 75.5 cm³/mol. The Kier molecular flexibility index (Phi) is 31.5. The Morgan fingerprint density at radius 1 is 0.783 bits per heavy atom. The number of carboxylic acids is 4. The average molecular weight is 382 g/mol. The van der Waals surface area contributed by atoms with Crippen molar-refractivity contribution in [2.75, 3.05) is 0 Å². The second-order valence-corrected chi connectivity index (χ2v) is 3.62. The van der Waals surface area contributed by atoms with Crippen LogP contribution in [0.2, 0.25) is 0 Å². The third-order valence-electron chi connectivity index (χ3n) is 1.31. The maximum absolute atomic E-state index is 9.60. The van der Waals surface area contributed by atoms with Crippen molar-refractivity contribution in [3.8, 4) is 0 Å². The summed E-state index contributed by atoms with van der Waals surface area (Å²) in [5.41, 5.74) is 0.352. The standard InChI is InChI=1S/2C4H6O2.2C3H6O2.Cu/c2*1-3(2)4(5)6;2*1-2-3(4)5;/h2*1H2,2H3,(H,5,6);2*2H2,1H3,(H,4,5);/q;;;;+2/p-2. The van der Waals surface area contributed by atoms with Gasteiger partial charge in [-0.15, -0.1) is 0 Å². The van der Waals surface area contributed by atoms with Crippen LogP contribution in [0, 0.1) is 0 Å². The molecule has 0 rings (SSSR count). The molecule has 0 aliphatic heterocycles. The Bertz CT molecular complexity index is 340. The van der Waals surface area contributed by atoms with E-state index in [-0.39, 0.29) is 41.1 Å². The van der Waals surface area contributed by atoms with Gasteiger partial charge in [0.05, 0.1) is 0 Å². The monoisotopic (exact) mass is 381 g/mol. The van der Waals surface area contributed by atoms with Gasteiger partial charge in [0.1, 0.15) is 0 Å². The second-order valence-electron chi connectivity index (χ2n) is 3.62. The van der Waals surface area contributed by atoms with E-state index in [1.807, 2.05) is 0 Å². The number of aliphatic carboxylic acids is 4. The molecule has 0 aliphatic rings. The van der Waals surface area contributed by atoms with Gasteiger partial charge in [-0.2, -0.15) is 0 Å². The first-order valence-corrected chi connectivity index (χ1v) is 6.00. The van der Waals surface area contributed by atoms with Crippen LogP contribution in [0.25, 0.3) is 0 Å². The normalized spacial score (nSPS) is 7.13. The van der Waals surface area contributed by atoms with Crippen molar-refractivity contribution in [1.82, 2.24) is 0 Å². The molecule has 0 heterocycles. The molecule has 0 aromatic carbocycles. The van der Waals surface area contributed by atoms with Crippen LogP contribution in [-0.4, -0.2) is 34.1 Å². The van der Waals surface area contributed by atoms with Gasteiger partial charge in [-0.25, -0.2) is 9.59 Å². The summed E-state index contributed by atoms with van der Waals surface area (Å²) < 4.78 is 0. The number of carboxylic acid groups (broad SMARTS) is 4. The maximum atomic E-state index is 9.60. The molecule has 0 atom stereocenters.